The lowest BCUT2D eigenvalue weighted by molar-refractivity contribution is -0.167. The van der Waals surface area contributed by atoms with Gasteiger partial charge in [0, 0.05) is 19.3 Å². The fourth-order valence-corrected chi connectivity index (χ4v) is 7.78. The van der Waals surface area contributed by atoms with E-state index in [1.807, 2.05) is 0 Å². The van der Waals surface area contributed by atoms with Crippen molar-refractivity contribution < 1.29 is 28.6 Å². The Labute approximate surface area is 361 Å². The molecule has 0 aliphatic heterocycles. The zero-order valence-electron chi connectivity index (χ0n) is 39.7. The van der Waals surface area contributed by atoms with E-state index in [-0.39, 0.29) is 31.1 Å². The maximum absolute atomic E-state index is 12.7. The first-order chi connectivity index (χ1) is 28.3. The van der Waals surface area contributed by atoms with E-state index < -0.39 is 6.10 Å². The van der Waals surface area contributed by atoms with Crippen LogP contribution in [-0.2, 0) is 28.6 Å². The Balaban J connectivity index is 4.26. The zero-order valence-corrected chi connectivity index (χ0v) is 39.7. The molecule has 58 heavy (non-hydrogen) atoms. The van der Waals surface area contributed by atoms with Gasteiger partial charge in [-0.25, -0.2) is 0 Å². The first-order valence-electron chi connectivity index (χ1n) is 25.8. The van der Waals surface area contributed by atoms with Gasteiger partial charge in [0.1, 0.15) is 13.2 Å². The van der Waals surface area contributed by atoms with Gasteiger partial charge in [0.2, 0.25) is 0 Å². The summed E-state index contributed by atoms with van der Waals surface area (Å²) in [4.78, 5) is 37.9. The summed E-state index contributed by atoms with van der Waals surface area (Å²) in [6.45, 7) is 11.4. The van der Waals surface area contributed by atoms with Gasteiger partial charge < -0.3 is 14.2 Å². The highest BCUT2D eigenvalue weighted by atomic mass is 16.6. The number of esters is 3. The van der Waals surface area contributed by atoms with Crippen molar-refractivity contribution in [3.63, 3.8) is 0 Å². The fourth-order valence-electron chi connectivity index (χ4n) is 7.78. The second-order valence-electron chi connectivity index (χ2n) is 18.5. The molecule has 0 rings (SSSR count). The zero-order chi connectivity index (χ0) is 42.6. The molecule has 2 atom stereocenters. The minimum atomic E-state index is -0.761. The first kappa shape index (κ1) is 56.4. The number of carbonyl (C=O) groups excluding carboxylic acids is 3. The largest absolute Gasteiger partial charge is 0.462 e. The molecular weight excluding hydrogens is 721 g/mol. The Hall–Kier alpha value is -1.59. The SMILES string of the molecule is CCCCCCCCCCCCCCC(=O)O[C@H](COC(=O)CCCCCCCCCCCCCCCCCC(C)C)COC(=O)CCCCCCCCC(C)CC. The molecule has 0 heterocycles. The number of unbranched alkanes of at least 4 members (excludes halogenated alkanes) is 30. The number of carbonyl (C=O) groups is 3. The Kier molecular flexibility index (Phi) is 43.7. The molecule has 0 spiro atoms. The van der Waals surface area contributed by atoms with Gasteiger partial charge in [-0.2, -0.15) is 0 Å². The Morgan fingerprint density at radius 3 is 0.983 bits per heavy atom. The third-order valence-electron chi connectivity index (χ3n) is 12.1. The molecule has 0 saturated carbocycles. The maximum atomic E-state index is 12.7. The lowest BCUT2D eigenvalue weighted by Gasteiger charge is -2.18. The van der Waals surface area contributed by atoms with E-state index in [0.29, 0.717) is 19.3 Å². The molecule has 6 heteroatoms. The minimum absolute atomic E-state index is 0.0642. The van der Waals surface area contributed by atoms with Gasteiger partial charge in [0.15, 0.2) is 6.10 Å². The number of rotatable bonds is 46. The molecule has 0 bridgehead atoms. The van der Waals surface area contributed by atoms with Gasteiger partial charge >= 0.3 is 17.9 Å². The van der Waals surface area contributed by atoms with E-state index in [2.05, 4.69) is 34.6 Å². The fraction of sp³-hybridized carbons (Fsp3) is 0.942. The van der Waals surface area contributed by atoms with Crippen LogP contribution >= 0.6 is 0 Å². The van der Waals surface area contributed by atoms with Crippen molar-refractivity contribution in [3.8, 4) is 0 Å². The summed E-state index contributed by atoms with van der Waals surface area (Å²) in [6, 6.07) is 0. The average molecular weight is 821 g/mol. The highest BCUT2D eigenvalue weighted by Gasteiger charge is 2.19. The summed E-state index contributed by atoms with van der Waals surface area (Å²) in [6.07, 6.45) is 45.2. The first-order valence-corrected chi connectivity index (χ1v) is 25.8. The van der Waals surface area contributed by atoms with Gasteiger partial charge in [-0.1, -0.05) is 247 Å². The maximum Gasteiger partial charge on any atom is 0.306 e. The van der Waals surface area contributed by atoms with Gasteiger partial charge in [-0.15, -0.1) is 0 Å². The topological polar surface area (TPSA) is 78.9 Å². The van der Waals surface area contributed by atoms with Crippen LogP contribution in [-0.4, -0.2) is 37.2 Å². The Morgan fingerprint density at radius 1 is 0.362 bits per heavy atom. The molecule has 344 valence electrons. The predicted molar refractivity (Wildman–Crippen MR) is 247 cm³/mol. The molecule has 0 aliphatic rings. The second kappa shape index (κ2) is 44.9. The standard InChI is InChI=1S/C52H100O6/c1-6-8-9-10-11-12-13-20-24-27-34-39-44-52(55)58-49(46-57-51(54)43-38-33-29-28-31-36-41-48(5)7-2)45-56-50(53)42-37-32-26-23-21-18-16-14-15-17-19-22-25-30-35-40-47(3)4/h47-49H,6-46H2,1-5H3/t48?,49-/m1/s1. The van der Waals surface area contributed by atoms with Crippen molar-refractivity contribution in [2.75, 3.05) is 13.2 Å². The van der Waals surface area contributed by atoms with Gasteiger partial charge in [-0.05, 0) is 31.1 Å². The van der Waals surface area contributed by atoms with Crippen molar-refractivity contribution in [2.24, 2.45) is 11.8 Å². The lowest BCUT2D eigenvalue weighted by Crippen LogP contribution is -2.30. The molecule has 0 aromatic carbocycles. The quantitative estimate of drug-likeness (QED) is 0.0346. The average Bonchev–Trinajstić information content (AvgIpc) is 3.21. The van der Waals surface area contributed by atoms with E-state index >= 15 is 0 Å². The molecule has 0 aromatic heterocycles. The van der Waals surface area contributed by atoms with Crippen molar-refractivity contribution in [2.45, 2.75) is 291 Å². The molecule has 0 radical (unpaired) electrons. The smallest absolute Gasteiger partial charge is 0.306 e. The molecule has 0 saturated heterocycles. The molecule has 1 unspecified atom stereocenters. The third kappa shape index (κ3) is 44.0. The summed E-state index contributed by atoms with van der Waals surface area (Å²) >= 11 is 0. The third-order valence-corrected chi connectivity index (χ3v) is 12.1. The molecule has 0 aromatic rings. The highest BCUT2D eigenvalue weighted by Crippen LogP contribution is 2.18. The molecule has 6 nitrogen and oxygen atoms in total. The summed E-state index contributed by atoms with van der Waals surface area (Å²) in [5, 5.41) is 0. The molecule has 0 amide bonds. The summed E-state index contributed by atoms with van der Waals surface area (Å²) in [7, 11) is 0. The molecular formula is C52H100O6. The van der Waals surface area contributed by atoms with E-state index in [4.69, 9.17) is 14.2 Å². The molecule has 0 N–H and O–H groups in total. The number of hydrogen-bond donors (Lipinski definition) is 0. The van der Waals surface area contributed by atoms with E-state index in [9.17, 15) is 14.4 Å². The minimum Gasteiger partial charge on any atom is -0.462 e. The van der Waals surface area contributed by atoms with E-state index in [0.717, 1.165) is 69.6 Å². The summed E-state index contributed by atoms with van der Waals surface area (Å²) in [5.74, 6) is 0.812. The van der Waals surface area contributed by atoms with Crippen molar-refractivity contribution in [1.82, 2.24) is 0 Å². The van der Waals surface area contributed by atoms with Crippen LogP contribution in [0.2, 0.25) is 0 Å². The van der Waals surface area contributed by atoms with Crippen molar-refractivity contribution in [3.05, 3.63) is 0 Å². The van der Waals surface area contributed by atoms with Crippen LogP contribution < -0.4 is 0 Å². The van der Waals surface area contributed by atoms with Gasteiger partial charge in [0.25, 0.3) is 0 Å². The molecule has 0 fully saturated rings. The lowest BCUT2D eigenvalue weighted by atomic mass is 10.00. The van der Waals surface area contributed by atoms with Gasteiger partial charge in [-0.3, -0.25) is 14.4 Å². The van der Waals surface area contributed by atoms with E-state index in [1.54, 1.807) is 0 Å². The van der Waals surface area contributed by atoms with Crippen molar-refractivity contribution in [1.29, 1.82) is 0 Å². The van der Waals surface area contributed by atoms with Crippen molar-refractivity contribution >= 4 is 17.9 Å². The Morgan fingerprint density at radius 2 is 0.655 bits per heavy atom. The highest BCUT2D eigenvalue weighted by molar-refractivity contribution is 5.71. The number of hydrogen-bond acceptors (Lipinski definition) is 6. The number of ether oxygens (including phenoxy) is 3. The second-order valence-corrected chi connectivity index (χ2v) is 18.5. The van der Waals surface area contributed by atoms with Gasteiger partial charge in [0.05, 0.1) is 0 Å². The predicted octanol–water partition coefficient (Wildman–Crippen LogP) is 16.5. The van der Waals surface area contributed by atoms with Crippen LogP contribution in [0.5, 0.6) is 0 Å². The van der Waals surface area contributed by atoms with Crippen LogP contribution in [0.25, 0.3) is 0 Å². The Bertz CT molecular complexity index is 887. The van der Waals surface area contributed by atoms with Crippen LogP contribution in [0.4, 0.5) is 0 Å². The summed E-state index contributed by atoms with van der Waals surface area (Å²) < 4.78 is 16.8. The monoisotopic (exact) mass is 821 g/mol. The van der Waals surface area contributed by atoms with Crippen LogP contribution in [0, 0.1) is 11.8 Å². The summed E-state index contributed by atoms with van der Waals surface area (Å²) in [5.41, 5.74) is 0. The van der Waals surface area contributed by atoms with Crippen LogP contribution in [0.3, 0.4) is 0 Å². The van der Waals surface area contributed by atoms with Crippen LogP contribution in [0.15, 0.2) is 0 Å². The van der Waals surface area contributed by atoms with Crippen LogP contribution in [0.1, 0.15) is 285 Å². The molecule has 0 aliphatic carbocycles. The normalized spacial score (nSPS) is 12.5. The van der Waals surface area contributed by atoms with E-state index in [1.165, 1.54) is 173 Å².